The average molecular weight is 344 g/mol. The standard InChI is InChI=1S/C21H33N3O/c1-5-8-9-12-15-24-19-14-11-10-13-18(19)23-20(24)16(4)22-21(25)17(6-2)7-3/h10-11,13-14,16-17H,5-9,12,15H2,1-4H3,(H,22,25). The van der Waals surface area contributed by atoms with Crippen LogP contribution in [0.15, 0.2) is 24.3 Å². The maximum Gasteiger partial charge on any atom is 0.223 e. The van der Waals surface area contributed by atoms with Crippen LogP contribution in [0.1, 0.15) is 78.1 Å². The Morgan fingerprint density at radius 3 is 2.52 bits per heavy atom. The number of nitrogens with one attached hydrogen (secondary N) is 1. The van der Waals surface area contributed by atoms with Crippen LogP contribution in [-0.4, -0.2) is 15.5 Å². The van der Waals surface area contributed by atoms with E-state index < -0.39 is 0 Å². The fourth-order valence-corrected chi connectivity index (χ4v) is 3.41. The molecule has 0 fully saturated rings. The molecule has 0 bridgehead atoms. The summed E-state index contributed by atoms with van der Waals surface area (Å²) in [4.78, 5) is 17.3. The molecule has 4 heteroatoms. The number of carbonyl (C=O) groups is 1. The van der Waals surface area contributed by atoms with E-state index in [0.717, 1.165) is 42.7 Å². The highest BCUT2D eigenvalue weighted by Gasteiger charge is 2.21. The van der Waals surface area contributed by atoms with Gasteiger partial charge in [0.05, 0.1) is 17.1 Å². The minimum absolute atomic E-state index is 0.0772. The van der Waals surface area contributed by atoms with E-state index in [1.165, 1.54) is 19.3 Å². The molecule has 0 radical (unpaired) electrons. The van der Waals surface area contributed by atoms with Crippen molar-refractivity contribution in [2.45, 2.75) is 78.8 Å². The summed E-state index contributed by atoms with van der Waals surface area (Å²) in [5.74, 6) is 1.20. The zero-order valence-electron chi connectivity index (χ0n) is 16.2. The van der Waals surface area contributed by atoms with Crippen LogP contribution in [0.25, 0.3) is 11.0 Å². The van der Waals surface area contributed by atoms with Crippen LogP contribution < -0.4 is 5.32 Å². The molecule has 1 N–H and O–H groups in total. The van der Waals surface area contributed by atoms with Gasteiger partial charge in [0.25, 0.3) is 0 Å². The van der Waals surface area contributed by atoms with E-state index in [0.29, 0.717) is 0 Å². The number of imidazole rings is 1. The molecule has 1 heterocycles. The lowest BCUT2D eigenvalue weighted by atomic mass is 10.0. The Balaban J connectivity index is 2.21. The topological polar surface area (TPSA) is 46.9 Å². The zero-order valence-corrected chi connectivity index (χ0v) is 16.2. The van der Waals surface area contributed by atoms with E-state index in [1.807, 2.05) is 13.0 Å². The summed E-state index contributed by atoms with van der Waals surface area (Å²) in [6, 6.07) is 8.18. The van der Waals surface area contributed by atoms with Gasteiger partial charge in [-0.3, -0.25) is 4.79 Å². The molecule has 2 aromatic rings. The van der Waals surface area contributed by atoms with E-state index in [-0.39, 0.29) is 17.9 Å². The number of nitrogens with zero attached hydrogens (tertiary/aromatic N) is 2. The molecule has 1 atom stereocenters. The SMILES string of the molecule is CCCCCCn1c(C(C)NC(=O)C(CC)CC)nc2ccccc21. The van der Waals surface area contributed by atoms with E-state index in [4.69, 9.17) is 4.98 Å². The third-order valence-electron chi connectivity index (χ3n) is 5.02. The maximum absolute atomic E-state index is 12.5. The van der Waals surface area contributed by atoms with Crippen molar-refractivity contribution < 1.29 is 4.79 Å². The first-order chi connectivity index (χ1) is 12.1. The average Bonchev–Trinajstić information content (AvgIpc) is 2.98. The van der Waals surface area contributed by atoms with Crippen molar-refractivity contribution in [1.29, 1.82) is 0 Å². The first kappa shape index (κ1) is 19.5. The number of hydrogen-bond donors (Lipinski definition) is 1. The normalized spacial score (nSPS) is 12.7. The summed E-state index contributed by atoms with van der Waals surface area (Å²) < 4.78 is 2.29. The molecule has 138 valence electrons. The zero-order chi connectivity index (χ0) is 18.2. The number of amides is 1. The number of para-hydroxylation sites is 2. The van der Waals surface area contributed by atoms with Gasteiger partial charge in [0, 0.05) is 12.5 Å². The van der Waals surface area contributed by atoms with Crippen LogP contribution in [0.3, 0.4) is 0 Å². The Hall–Kier alpha value is -1.84. The number of aryl methyl sites for hydroxylation is 1. The fourth-order valence-electron chi connectivity index (χ4n) is 3.41. The number of hydrogen-bond acceptors (Lipinski definition) is 2. The summed E-state index contributed by atoms with van der Waals surface area (Å²) in [6.07, 6.45) is 6.64. The van der Waals surface area contributed by atoms with Gasteiger partial charge in [-0.1, -0.05) is 52.2 Å². The number of unbranched alkanes of at least 4 members (excludes halogenated alkanes) is 3. The van der Waals surface area contributed by atoms with E-state index in [1.54, 1.807) is 0 Å². The molecular formula is C21H33N3O. The Labute approximate surface area is 152 Å². The highest BCUT2D eigenvalue weighted by atomic mass is 16.1. The molecule has 1 unspecified atom stereocenters. The van der Waals surface area contributed by atoms with Gasteiger partial charge in [-0.15, -0.1) is 0 Å². The molecule has 0 aliphatic rings. The van der Waals surface area contributed by atoms with Gasteiger partial charge in [-0.25, -0.2) is 4.98 Å². The second-order valence-corrected chi connectivity index (χ2v) is 6.91. The lowest BCUT2D eigenvalue weighted by Crippen LogP contribution is -2.33. The second kappa shape index (κ2) is 9.59. The first-order valence-corrected chi connectivity index (χ1v) is 9.87. The smallest absolute Gasteiger partial charge is 0.223 e. The third-order valence-corrected chi connectivity index (χ3v) is 5.02. The van der Waals surface area contributed by atoms with Crippen molar-refractivity contribution in [1.82, 2.24) is 14.9 Å². The van der Waals surface area contributed by atoms with Gasteiger partial charge >= 0.3 is 0 Å². The van der Waals surface area contributed by atoms with Gasteiger partial charge in [-0.05, 0) is 38.3 Å². The van der Waals surface area contributed by atoms with Crippen molar-refractivity contribution in [3.05, 3.63) is 30.1 Å². The Morgan fingerprint density at radius 1 is 1.12 bits per heavy atom. The predicted molar refractivity (Wildman–Crippen MR) is 105 cm³/mol. The Bertz CT molecular complexity index is 673. The second-order valence-electron chi connectivity index (χ2n) is 6.91. The number of benzene rings is 1. The van der Waals surface area contributed by atoms with E-state index in [9.17, 15) is 4.79 Å². The molecule has 0 saturated carbocycles. The minimum atomic E-state index is -0.0772. The lowest BCUT2D eigenvalue weighted by Gasteiger charge is -2.19. The monoisotopic (exact) mass is 343 g/mol. The molecule has 1 aromatic heterocycles. The molecule has 2 rings (SSSR count). The lowest BCUT2D eigenvalue weighted by molar-refractivity contribution is -0.125. The predicted octanol–water partition coefficient (Wildman–Crippen LogP) is 5.23. The van der Waals surface area contributed by atoms with Crippen molar-refractivity contribution in [2.24, 2.45) is 5.92 Å². The van der Waals surface area contributed by atoms with Gasteiger partial charge in [0.1, 0.15) is 5.82 Å². The van der Waals surface area contributed by atoms with Crippen LogP contribution in [0.2, 0.25) is 0 Å². The van der Waals surface area contributed by atoms with Gasteiger partial charge in [0.15, 0.2) is 0 Å². The molecular weight excluding hydrogens is 310 g/mol. The van der Waals surface area contributed by atoms with Gasteiger partial charge < -0.3 is 9.88 Å². The first-order valence-electron chi connectivity index (χ1n) is 9.87. The van der Waals surface area contributed by atoms with Crippen molar-refractivity contribution in [3.8, 4) is 0 Å². The van der Waals surface area contributed by atoms with Crippen LogP contribution in [0.4, 0.5) is 0 Å². The van der Waals surface area contributed by atoms with Crippen molar-refractivity contribution in [3.63, 3.8) is 0 Å². The van der Waals surface area contributed by atoms with Gasteiger partial charge in [0.2, 0.25) is 5.91 Å². The summed E-state index contributed by atoms with van der Waals surface area (Å²) >= 11 is 0. The van der Waals surface area contributed by atoms with Crippen molar-refractivity contribution in [2.75, 3.05) is 0 Å². The Morgan fingerprint density at radius 2 is 1.84 bits per heavy atom. The molecule has 0 aliphatic heterocycles. The van der Waals surface area contributed by atoms with E-state index >= 15 is 0 Å². The van der Waals surface area contributed by atoms with Crippen LogP contribution in [0.5, 0.6) is 0 Å². The molecule has 1 aromatic carbocycles. The summed E-state index contributed by atoms with van der Waals surface area (Å²) in [5, 5.41) is 3.18. The molecule has 4 nitrogen and oxygen atoms in total. The highest BCUT2D eigenvalue weighted by Crippen LogP contribution is 2.22. The number of aromatic nitrogens is 2. The molecule has 0 saturated heterocycles. The summed E-state index contributed by atoms with van der Waals surface area (Å²) in [6.45, 7) is 9.38. The fraction of sp³-hybridized carbons (Fsp3) is 0.619. The minimum Gasteiger partial charge on any atom is -0.346 e. The Kier molecular flexibility index (Phi) is 7.48. The molecule has 0 spiro atoms. The maximum atomic E-state index is 12.5. The van der Waals surface area contributed by atoms with Crippen LogP contribution in [-0.2, 0) is 11.3 Å². The number of fused-ring (bicyclic) bond motifs is 1. The number of carbonyl (C=O) groups excluding carboxylic acids is 1. The van der Waals surface area contributed by atoms with Crippen LogP contribution in [0, 0.1) is 5.92 Å². The van der Waals surface area contributed by atoms with Crippen LogP contribution >= 0.6 is 0 Å². The summed E-state index contributed by atoms with van der Waals surface area (Å²) in [7, 11) is 0. The molecule has 0 aliphatic carbocycles. The third kappa shape index (κ3) is 4.83. The quantitative estimate of drug-likeness (QED) is 0.600. The number of rotatable bonds is 10. The molecule has 25 heavy (non-hydrogen) atoms. The van der Waals surface area contributed by atoms with E-state index in [2.05, 4.69) is 48.9 Å². The largest absolute Gasteiger partial charge is 0.346 e. The van der Waals surface area contributed by atoms with Gasteiger partial charge in [-0.2, -0.15) is 0 Å². The highest BCUT2D eigenvalue weighted by molar-refractivity contribution is 5.79. The summed E-state index contributed by atoms with van der Waals surface area (Å²) in [5.41, 5.74) is 2.18. The van der Waals surface area contributed by atoms with Crippen molar-refractivity contribution >= 4 is 16.9 Å². The molecule has 1 amide bonds.